The molecule has 2 aromatic carbocycles. The number of rotatable bonds is 9. The van der Waals surface area contributed by atoms with Crippen LogP contribution in [0.1, 0.15) is 35.4 Å². The number of carbonyl (C=O) groups excluding carboxylic acids is 1. The first kappa shape index (κ1) is 26.4. The van der Waals surface area contributed by atoms with Crippen LogP contribution in [0.15, 0.2) is 58.0 Å². The van der Waals surface area contributed by atoms with Crippen LogP contribution in [0.2, 0.25) is 10.0 Å². The van der Waals surface area contributed by atoms with Gasteiger partial charge in [0.05, 0.1) is 35.6 Å². The Morgan fingerprint density at radius 1 is 1.19 bits per heavy atom. The summed E-state index contributed by atoms with van der Waals surface area (Å²) in [6.45, 7) is 8.52. The summed E-state index contributed by atoms with van der Waals surface area (Å²) in [5, 5.41) is 3.72. The Morgan fingerprint density at radius 2 is 2.00 bits per heavy atom. The summed E-state index contributed by atoms with van der Waals surface area (Å²) in [5.74, 6) is 0.0623. The third kappa shape index (κ3) is 6.73. The molecular formula is C27H30Cl2N4O3. The number of fused-ring (bicyclic) bond motifs is 1. The molecule has 1 fully saturated rings. The summed E-state index contributed by atoms with van der Waals surface area (Å²) in [6.07, 6.45) is 2.72. The SMILES string of the molecule is C=NC1=C(/C=N\CNC(=O)OCCCN2CCOCC2)CC(c2ccc(Cl)c(Cl)c2)c2ccccc21. The lowest BCUT2D eigenvalue weighted by Gasteiger charge is -2.27. The van der Waals surface area contributed by atoms with Gasteiger partial charge < -0.3 is 14.8 Å². The maximum Gasteiger partial charge on any atom is 0.408 e. The molecule has 2 aliphatic rings. The van der Waals surface area contributed by atoms with E-state index < -0.39 is 6.09 Å². The van der Waals surface area contributed by atoms with E-state index in [1.54, 1.807) is 6.21 Å². The van der Waals surface area contributed by atoms with Gasteiger partial charge in [-0.2, -0.15) is 0 Å². The van der Waals surface area contributed by atoms with Crippen molar-refractivity contribution in [2.45, 2.75) is 18.8 Å². The van der Waals surface area contributed by atoms with Crippen LogP contribution in [0, 0.1) is 0 Å². The molecule has 0 saturated carbocycles. The Labute approximate surface area is 221 Å². The number of benzene rings is 2. The number of morpholine rings is 1. The Hall–Kier alpha value is -2.71. The molecule has 9 heteroatoms. The van der Waals surface area contributed by atoms with Gasteiger partial charge in [0, 0.05) is 37.3 Å². The predicted octanol–water partition coefficient (Wildman–Crippen LogP) is 5.42. The average molecular weight is 529 g/mol. The van der Waals surface area contributed by atoms with Gasteiger partial charge in [-0.25, -0.2) is 4.79 Å². The van der Waals surface area contributed by atoms with Gasteiger partial charge in [0.15, 0.2) is 0 Å². The molecule has 7 nitrogen and oxygen atoms in total. The highest BCUT2D eigenvalue weighted by Crippen LogP contribution is 2.43. The molecule has 1 aliphatic carbocycles. The number of hydrogen-bond donors (Lipinski definition) is 1. The summed E-state index contributed by atoms with van der Waals surface area (Å²) < 4.78 is 10.6. The maximum atomic E-state index is 12.0. The van der Waals surface area contributed by atoms with E-state index in [0.29, 0.717) is 23.1 Å². The number of nitrogens with zero attached hydrogens (tertiary/aromatic N) is 3. The third-order valence-corrected chi connectivity index (χ3v) is 7.08. The Kier molecular flexibility index (Phi) is 9.53. The molecule has 1 heterocycles. The molecule has 4 rings (SSSR count). The summed E-state index contributed by atoms with van der Waals surface area (Å²) in [4.78, 5) is 23.0. The van der Waals surface area contributed by atoms with E-state index in [1.165, 1.54) is 0 Å². The van der Waals surface area contributed by atoms with Crippen molar-refractivity contribution in [1.29, 1.82) is 0 Å². The molecule has 2 aromatic rings. The largest absolute Gasteiger partial charge is 0.449 e. The van der Waals surface area contributed by atoms with E-state index in [9.17, 15) is 4.79 Å². The number of halogens is 2. The lowest BCUT2D eigenvalue weighted by atomic mass is 9.78. The first-order chi connectivity index (χ1) is 17.6. The van der Waals surface area contributed by atoms with Gasteiger partial charge in [-0.1, -0.05) is 53.5 Å². The monoisotopic (exact) mass is 528 g/mol. The Balaban J connectivity index is 1.35. The van der Waals surface area contributed by atoms with E-state index in [0.717, 1.165) is 67.2 Å². The number of allylic oxidation sites excluding steroid dienone is 1. The van der Waals surface area contributed by atoms with Crippen LogP contribution in [0.5, 0.6) is 0 Å². The van der Waals surface area contributed by atoms with Crippen molar-refractivity contribution in [1.82, 2.24) is 10.2 Å². The highest BCUT2D eigenvalue weighted by Gasteiger charge is 2.27. The molecular weight excluding hydrogens is 499 g/mol. The molecule has 36 heavy (non-hydrogen) atoms. The van der Waals surface area contributed by atoms with Crippen molar-refractivity contribution in [3.8, 4) is 0 Å². The van der Waals surface area contributed by atoms with Gasteiger partial charge in [-0.15, -0.1) is 0 Å². The van der Waals surface area contributed by atoms with E-state index in [4.69, 9.17) is 32.7 Å². The van der Waals surface area contributed by atoms with Gasteiger partial charge in [-0.05, 0) is 48.4 Å². The van der Waals surface area contributed by atoms with Crippen molar-refractivity contribution in [2.75, 3.05) is 46.1 Å². The normalized spacial score (nSPS) is 18.2. The summed E-state index contributed by atoms with van der Waals surface area (Å²) in [5.41, 5.74) is 4.93. The number of hydrogen-bond acceptors (Lipinski definition) is 6. The number of nitrogens with one attached hydrogen (secondary N) is 1. The van der Waals surface area contributed by atoms with Gasteiger partial charge in [0.25, 0.3) is 0 Å². The smallest absolute Gasteiger partial charge is 0.408 e. The molecule has 0 radical (unpaired) electrons. The molecule has 1 saturated heterocycles. The number of amides is 1. The van der Waals surface area contributed by atoms with Crippen molar-refractivity contribution < 1.29 is 14.3 Å². The molecule has 1 N–H and O–H groups in total. The van der Waals surface area contributed by atoms with Crippen molar-refractivity contribution in [3.63, 3.8) is 0 Å². The van der Waals surface area contributed by atoms with Gasteiger partial charge in [0.2, 0.25) is 0 Å². The second kappa shape index (κ2) is 13.0. The lowest BCUT2D eigenvalue weighted by Crippen LogP contribution is -2.37. The van der Waals surface area contributed by atoms with Gasteiger partial charge in [-0.3, -0.25) is 14.9 Å². The zero-order valence-electron chi connectivity index (χ0n) is 20.1. The van der Waals surface area contributed by atoms with Crippen LogP contribution in [-0.4, -0.2) is 70.0 Å². The third-order valence-electron chi connectivity index (χ3n) is 6.34. The van der Waals surface area contributed by atoms with Crippen LogP contribution in [0.4, 0.5) is 4.79 Å². The molecule has 1 amide bonds. The number of carbonyl (C=O) groups is 1. The maximum absolute atomic E-state index is 12.0. The van der Waals surface area contributed by atoms with E-state index in [1.807, 2.05) is 36.4 Å². The summed E-state index contributed by atoms with van der Waals surface area (Å²) >= 11 is 12.5. The van der Waals surface area contributed by atoms with Crippen molar-refractivity contribution in [2.24, 2.45) is 9.98 Å². The van der Waals surface area contributed by atoms with Crippen molar-refractivity contribution in [3.05, 3.63) is 74.8 Å². The molecule has 1 unspecified atom stereocenters. The molecule has 1 aliphatic heterocycles. The summed E-state index contributed by atoms with van der Waals surface area (Å²) in [6, 6.07) is 13.8. The Bertz CT molecular complexity index is 1150. The molecule has 1 atom stereocenters. The standard InChI is InChI=1S/C27H30Cl2N4O3/c1-30-26-20(17-31-18-32-27(34)36-12-4-9-33-10-13-35-14-11-33)15-23(21-5-2-3-6-22(21)26)19-7-8-24(28)25(29)16-19/h2-3,5-8,16-17,23H,1,4,9-15,18H2,(H,32,34)/b31-17-. The lowest BCUT2D eigenvalue weighted by molar-refractivity contribution is 0.0345. The minimum Gasteiger partial charge on any atom is -0.449 e. The highest BCUT2D eigenvalue weighted by atomic mass is 35.5. The van der Waals surface area contributed by atoms with E-state index in [2.05, 4.69) is 33.0 Å². The quantitative estimate of drug-likeness (QED) is 0.348. The fourth-order valence-electron chi connectivity index (χ4n) is 4.54. The second-order valence-electron chi connectivity index (χ2n) is 8.64. The van der Waals surface area contributed by atoms with Crippen LogP contribution in [0.25, 0.3) is 5.70 Å². The van der Waals surface area contributed by atoms with Crippen LogP contribution < -0.4 is 5.32 Å². The first-order valence-electron chi connectivity index (χ1n) is 12.0. The summed E-state index contributed by atoms with van der Waals surface area (Å²) in [7, 11) is 0. The highest BCUT2D eigenvalue weighted by molar-refractivity contribution is 6.42. The number of ether oxygens (including phenoxy) is 2. The molecule has 0 spiro atoms. The molecule has 190 valence electrons. The molecule has 0 bridgehead atoms. The van der Waals surface area contributed by atoms with Crippen molar-refractivity contribution >= 4 is 47.9 Å². The zero-order valence-corrected chi connectivity index (χ0v) is 21.6. The topological polar surface area (TPSA) is 75.5 Å². The number of aliphatic imine (C=N–C) groups is 2. The zero-order chi connectivity index (χ0) is 25.3. The van der Waals surface area contributed by atoms with E-state index >= 15 is 0 Å². The van der Waals surface area contributed by atoms with Gasteiger partial charge >= 0.3 is 6.09 Å². The minimum absolute atomic E-state index is 0.0623. The van der Waals surface area contributed by atoms with Gasteiger partial charge in [0.1, 0.15) is 6.67 Å². The first-order valence-corrected chi connectivity index (χ1v) is 12.8. The fourth-order valence-corrected chi connectivity index (χ4v) is 4.84. The van der Waals surface area contributed by atoms with E-state index in [-0.39, 0.29) is 12.6 Å². The average Bonchev–Trinajstić information content (AvgIpc) is 2.90. The fraction of sp³-hybridized carbons (Fsp3) is 0.370. The predicted molar refractivity (Wildman–Crippen MR) is 146 cm³/mol. The minimum atomic E-state index is -0.479. The molecule has 0 aromatic heterocycles. The Morgan fingerprint density at radius 3 is 2.78 bits per heavy atom. The van der Waals surface area contributed by atoms with Crippen LogP contribution in [0.3, 0.4) is 0 Å². The van der Waals surface area contributed by atoms with Crippen LogP contribution >= 0.6 is 23.2 Å². The van der Waals surface area contributed by atoms with Crippen LogP contribution in [-0.2, 0) is 9.47 Å². The second-order valence-corrected chi connectivity index (χ2v) is 9.45. The number of alkyl carbamates (subject to hydrolysis) is 1.